The number of benzene rings is 2. The Labute approximate surface area is 154 Å². The van der Waals surface area contributed by atoms with Crippen LogP contribution in [-0.4, -0.2) is 38.7 Å². The maximum Gasteiger partial charge on any atom is 0.285 e. The monoisotopic (exact) mass is 361 g/mol. The second kappa shape index (κ2) is 5.87. The van der Waals surface area contributed by atoms with Gasteiger partial charge in [-0.15, -0.1) is 5.06 Å². The van der Waals surface area contributed by atoms with Crippen LogP contribution in [0.2, 0.25) is 0 Å². The molecule has 27 heavy (non-hydrogen) atoms. The minimum atomic E-state index is -0.731. The zero-order valence-corrected chi connectivity index (χ0v) is 14.3. The highest BCUT2D eigenvalue weighted by Gasteiger charge is 2.34. The number of amides is 2. The van der Waals surface area contributed by atoms with Crippen molar-refractivity contribution in [1.29, 1.82) is 0 Å². The number of hydroxylamine groups is 2. The van der Waals surface area contributed by atoms with E-state index in [2.05, 4.69) is 9.88 Å². The number of rotatable bonds is 2. The summed E-state index contributed by atoms with van der Waals surface area (Å²) in [6.45, 7) is 1.60. The van der Waals surface area contributed by atoms with E-state index in [1.807, 2.05) is 24.3 Å². The molecule has 2 amide bonds. The van der Waals surface area contributed by atoms with Gasteiger partial charge in [-0.2, -0.15) is 0 Å². The van der Waals surface area contributed by atoms with Crippen molar-refractivity contribution in [3.05, 3.63) is 71.0 Å². The van der Waals surface area contributed by atoms with Crippen molar-refractivity contribution in [2.75, 3.05) is 6.73 Å². The number of pyridine rings is 1. The summed E-state index contributed by atoms with van der Waals surface area (Å²) in [6, 6.07) is 12.6. The van der Waals surface area contributed by atoms with Crippen LogP contribution in [0, 0.1) is 0 Å². The lowest BCUT2D eigenvalue weighted by Crippen LogP contribution is -2.38. The summed E-state index contributed by atoms with van der Waals surface area (Å²) in [7, 11) is 0. The standard InChI is InChI=1S/C20H15N3O4/c24-19-14-6-3-5-13-16-10-22(9-12-4-1-2-7-21-12)11-27-17(16)8-15(18(13)14)20(25)23(19)26/h1-8,26H,9-11H2. The molecule has 3 aromatic rings. The number of hydrogen-bond donors (Lipinski definition) is 1. The fourth-order valence-electron chi connectivity index (χ4n) is 3.73. The summed E-state index contributed by atoms with van der Waals surface area (Å²) in [6.07, 6.45) is 1.76. The number of nitrogens with zero attached hydrogens (tertiary/aromatic N) is 3. The Bertz CT molecular complexity index is 1100. The van der Waals surface area contributed by atoms with E-state index in [-0.39, 0.29) is 10.6 Å². The normalized spacial score (nSPS) is 16.4. The molecular formula is C20H15N3O4. The van der Waals surface area contributed by atoms with E-state index >= 15 is 0 Å². The molecule has 7 nitrogen and oxygen atoms in total. The van der Waals surface area contributed by atoms with Crippen LogP contribution in [0.1, 0.15) is 32.0 Å². The second-order valence-electron chi connectivity index (χ2n) is 6.63. The average Bonchev–Trinajstić information content (AvgIpc) is 2.71. The molecule has 7 heteroatoms. The zero-order valence-electron chi connectivity index (χ0n) is 14.3. The SMILES string of the molecule is O=C1c2cccc3c4c(cc(c23)C(=O)N1O)OCN(Cc1ccccn1)C4. The first-order valence-corrected chi connectivity index (χ1v) is 8.55. The van der Waals surface area contributed by atoms with Crippen LogP contribution >= 0.6 is 0 Å². The van der Waals surface area contributed by atoms with Crippen LogP contribution in [0.25, 0.3) is 10.8 Å². The fourth-order valence-corrected chi connectivity index (χ4v) is 3.73. The summed E-state index contributed by atoms with van der Waals surface area (Å²) in [5.41, 5.74) is 2.45. The molecule has 5 rings (SSSR count). The molecule has 2 aliphatic rings. The Balaban J connectivity index is 1.61. The summed E-state index contributed by atoms with van der Waals surface area (Å²) in [4.78, 5) is 31.1. The largest absolute Gasteiger partial charge is 0.478 e. The van der Waals surface area contributed by atoms with E-state index in [1.54, 1.807) is 24.4 Å². The van der Waals surface area contributed by atoms with E-state index in [1.165, 1.54) is 0 Å². The molecule has 3 heterocycles. The Morgan fingerprint density at radius 2 is 1.93 bits per heavy atom. The van der Waals surface area contributed by atoms with Gasteiger partial charge in [-0.25, -0.2) is 0 Å². The second-order valence-corrected chi connectivity index (χ2v) is 6.63. The molecule has 0 unspecified atom stereocenters. The van der Waals surface area contributed by atoms with Gasteiger partial charge in [-0.3, -0.25) is 24.7 Å². The van der Waals surface area contributed by atoms with Crippen molar-refractivity contribution >= 4 is 22.6 Å². The van der Waals surface area contributed by atoms with Crippen LogP contribution in [-0.2, 0) is 13.1 Å². The molecule has 0 fully saturated rings. The number of fused-ring (bicyclic) bond motifs is 2. The van der Waals surface area contributed by atoms with Gasteiger partial charge >= 0.3 is 0 Å². The van der Waals surface area contributed by atoms with E-state index < -0.39 is 11.8 Å². The molecule has 134 valence electrons. The third-order valence-corrected chi connectivity index (χ3v) is 4.97. The maximum atomic E-state index is 12.4. The minimum absolute atomic E-state index is 0.166. The van der Waals surface area contributed by atoms with E-state index in [0.29, 0.717) is 36.5 Å². The van der Waals surface area contributed by atoms with Crippen LogP contribution in [0.3, 0.4) is 0 Å². The molecule has 2 aliphatic heterocycles. The van der Waals surface area contributed by atoms with E-state index in [0.717, 1.165) is 16.6 Å². The first-order chi connectivity index (χ1) is 13.1. The van der Waals surface area contributed by atoms with Crippen LogP contribution in [0.5, 0.6) is 5.75 Å². The van der Waals surface area contributed by atoms with Gasteiger partial charge in [0.25, 0.3) is 11.8 Å². The van der Waals surface area contributed by atoms with Crippen LogP contribution in [0.4, 0.5) is 0 Å². The van der Waals surface area contributed by atoms with Crippen molar-refractivity contribution in [2.24, 2.45) is 0 Å². The fraction of sp³-hybridized carbons (Fsp3) is 0.150. The number of ether oxygens (including phenoxy) is 1. The molecule has 0 radical (unpaired) electrons. The van der Waals surface area contributed by atoms with Crippen molar-refractivity contribution < 1.29 is 19.5 Å². The third-order valence-electron chi connectivity index (χ3n) is 4.97. The highest BCUT2D eigenvalue weighted by molar-refractivity contribution is 6.25. The van der Waals surface area contributed by atoms with Gasteiger partial charge in [-0.05, 0) is 29.7 Å². The van der Waals surface area contributed by atoms with Gasteiger partial charge in [0.05, 0.1) is 16.8 Å². The first kappa shape index (κ1) is 15.9. The lowest BCUT2D eigenvalue weighted by atomic mass is 9.91. The molecule has 1 N–H and O–H groups in total. The third kappa shape index (κ3) is 2.40. The Kier molecular flexibility index (Phi) is 3.46. The smallest absolute Gasteiger partial charge is 0.285 e. The molecule has 0 atom stereocenters. The number of carbonyl (C=O) groups excluding carboxylic acids is 2. The number of imide groups is 1. The molecule has 0 bridgehead atoms. The predicted octanol–water partition coefficient (Wildman–Crippen LogP) is 2.57. The lowest BCUT2D eigenvalue weighted by Gasteiger charge is -2.31. The maximum absolute atomic E-state index is 12.4. The quantitative estimate of drug-likeness (QED) is 0.558. The summed E-state index contributed by atoms with van der Waals surface area (Å²) in [5, 5.41) is 11.4. The average molecular weight is 361 g/mol. The van der Waals surface area contributed by atoms with Crippen molar-refractivity contribution in [1.82, 2.24) is 14.9 Å². The summed E-state index contributed by atoms with van der Waals surface area (Å²) in [5.74, 6) is -0.839. The molecular weight excluding hydrogens is 346 g/mol. The first-order valence-electron chi connectivity index (χ1n) is 8.55. The number of carbonyl (C=O) groups is 2. The molecule has 0 spiro atoms. The molecule has 2 aromatic carbocycles. The van der Waals surface area contributed by atoms with Crippen molar-refractivity contribution in [2.45, 2.75) is 13.1 Å². The topological polar surface area (TPSA) is 83.0 Å². The molecule has 0 saturated carbocycles. The van der Waals surface area contributed by atoms with Gasteiger partial charge in [0.2, 0.25) is 0 Å². The highest BCUT2D eigenvalue weighted by atomic mass is 16.5. The Morgan fingerprint density at radius 1 is 1.07 bits per heavy atom. The Morgan fingerprint density at radius 3 is 2.74 bits per heavy atom. The van der Waals surface area contributed by atoms with Gasteiger partial charge in [0, 0.05) is 30.2 Å². The van der Waals surface area contributed by atoms with Gasteiger partial charge in [0.15, 0.2) is 0 Å². The lowest BCUT2D eigenvalue weighted by molar-refractivity contribution is -0.0378. The van der Waals surface area contributed by atoms with Gasteiger partial charge < -0.3 is 4.74 Å². The van der Waals surface area contributed by atoms with E-state index in [9.17, 15) is 14.8 Å². The van der Waals surface area contributed by atoms with Gasteiger partial charge in [0.1, 0.15) is 12.5 Å². The van der Waals surface area contributed by atoms with Crippen molar-refractivity contribution in [3.8, 4) is 5.75 Å². The van der Waals surface area contributed by atoms with Gasteiger partial charge in [-0.1, -0.05) is 18.2 Å². The molecule has 1 aromatic heterocycles. The van der Waals surface area contributed by atoms with Crippen LogP contribution < -0.4 is 4.74 Å². The summed E-state index contributed by atoms with van der Waals surface area (Å²) < 4.78 is 5.89. The Hall–Kier alpha value is -3.29. The predicted molar refractivity (Wildman–Crippen MR) is 95.2 cm³/mol. The number of hydrogen-bond acceptors (Lipinski definition) is 6. The highest BCUT2D eigenvalue weighted by Crippen LogP contribution is 2.39. The summed E-state index contributed by atoms with van der Waals surface area (Å²) >= 11 is 0. The molecule has 0 aliphatic carbocycles. The van der Waals surface area contributed by atoms with Crippen molar-refractivity contribution in [3.63, 3.8) is 0 Å². The van der Waals surface area contributed by atoms with Crippen LogP contribution in [0.15, 0.2) is 48.7 Å². The minimum Gasteiger partial charge on any atom is -0.478 e. The van der Waals surface area contributed by atoms with E-state index in [4.69, 9.17) is 4.74 Å². The zero-order chi connectivity index (χ0) is 18.5. The molecule has 0 saturated heterocycles. The number of aromatic nitrogens is 1.